The summed E-state index contributed by atoms with van der Waals surface area (Å²) in [5.41, 5.74) is 2.98. The number of likely N-dealkylation sites (tertiary alicyclic amines) is 1. The van der Waals surface area contributed by atoms with Gasteiger partial charge in [-0.05, 0) is 73.9 Å². The van der Waals surface area contributed by atoms with Crippen LogP contribution < -0.4 is 0 Å². The summed E-state index contributed by atoms with van der Waals surface area (Å²) in [4.78, 5) is 16.4. The summed E-state index contributed by atoms with van der Waals surface area (Å²) in [7, 11) is 0. The molecule has 1 aliphatic rings. The fourth-order valence-electron chi connectivity index (χ4n) is 4.61. The van der Waals surface area contributed by atoms with E-state index < -0.39 is 0 Å². The predicted molar refractivity (Wildman–Crippen MR) is 143 cm³/mol. The quantitative estimate of drug-likeness (QED) is 0.219. The summed E-state index contributed by atoms with van der Waals surface area (Å²) in [6.45, 7) is 7.30. The third-order valence-corrected chi connectivity index (χ3v) is 8.74. The molecule has 5 nitrogen and oxygen atoms in total. The molecule has 1 saturated heterocycles. The number of aromatic hydroxyl groups is 1. The highest BCUT2D eigenvalue weighted by atomic mass is 79.9. The monoisotopic (exact) mass is 584 g/mol. The van der Waals surface area contributed by atoms with Crippen molar-refractivity contribution in [1.29, 1.82) is 0 Å². The number of fused-ring (bicyclic) bond motifs is 1. The molecule has 182 valence electrons. The summed E-state index contributed by atoms with van der Waals surface area (Å²) in [5.74, 6) is 0.262. The number of benzene rings is 2. The van der Waals surface area contributed by atoms with Crippen LogP contribution >= 0.6 is 50.9 Å². The highest BCUT2D eigenvalue weighted by Crippen LogP contribution is 2.43. The van der Waals surface area contributed by atoms with Gasteiger partial charge in [0, 0.05) is 40.4 Å². The van der Waals surface area contributed by atoms with Crippen LogP contribution in [0.1, 0.15) is 48.3 Å². The second kappa shape index (κ2) is 11.1. The zero-order valence-electron chi connectivity index (χ0n) is 19.2. The molecule has 9 heteroatoms. The molecule has 0 unspecified atom stereocenters. The van der Waals surface area contributed by atoms with E-state index in [0.29, 0.717) is 38.9 Å². The normalized spacial score (nSPS) is 14.3. The third kappa shape index (κ3) is 4.96. The lowest BCUT2D eigenvalue weighted by Crippen LogP contribution is -2.19. The largest absolute Gasteiger partial charge is 0.506 e. The van der Waals surface area contributed by atoms with E-state index in [4.69, 9.17) is 27.9 Å². The van der Waals surface area contributed by atoms with Gasteiger partial charge in [0.15, 0.2) is 0 Å². The van der Waals surface area contributed by atoms with Gasteiger partial charge >= 0.3 is 5.97 Å². The Balaban J connectivity index is 1.91. The molecule has 0 bridgehead atoms. The van der Waals surface area contributed by atoms with Gasteiger partial charge in [-0.25, -0.2) is 4.79 Å². The molecule has 0 spiro atoms. The number of phenols is 1. The minimum absolute atomic E-state index is 0.173. The number of esters is 1. The van der Waals surface area contributed by atoms with E-state index in [1.165, 1.54) is 11.8 Å². The molecular weight excluding hydrogens is 559 g/mol. The Hall–Kier alpha value is -1.38. The Morgan fingerprint density at radius 1 is 1.21 bits per heavy atom. The molecule has 0 atom stereocenters. The van der Waals surface area contributed by atoms with Crippen molar-refractivity contribution in [3.63, 3.8) is 0 Å². The highest BCUT2D eigenvalue weighted by Gasteiger charge is 2.29. The number of phenolic OH excluding ortho intramolecular Hbond substituents is 1. The molecule has 1 N–H and O–H groups in total. The zero-order chi connectivity index (χ0) is 24.4. The number of aryl methyl sites for hydroxylation is 1. The molecule has 2 heterocycles. The van der Waals surface area contributed by atoms with Crippen molar-refractivity contribution in [2.45, 2.75) is 50.4 Å². The lowest BCUT2D eigenvalue weighted by Gasteiger charge is -2.18. The summed E-state index contributed by atoms with van der Waals surface area (Å²) >= 11 is 17.9. The van der Waals surface area contributed by atoms with Gasteiger partial charge in [-0.1, -0.05) is 29.3 Å². The van der Waals surface area contributed by atoms with Crippen LogP contribution in [0.2, 0.25) is 10.0 Å². The van der Waals surface area contributed by atoms with Crippen molar-refractivity contribution in [2.75, 3.05) is 19.7 Å². The molecule has 3 aromatic rings. The second-order valence-electron chi connectivity index (χ2n) is 8.19. The van der Waals surface area contributed by atoms with E-state index in [1.54, 1.807) is 19.1 Å². The summed E-state index contributed by atoms with van der Waals surface area (Å²) in [6.07, 6.45) is 2.28. The fourth-order valence-corrected chi connectivity index (χ4v) is 6.78. The maximum atomic E-state index is 13.3. The number of carbonyl (C=O) groups is 1. The lowest BCUT2D eigenvalue weighted by molar-refractivity contribution is 0.0527. The molecule has 4 rings (SSSR count). The average Bonchev–Trinajstić information content (AvgIpc) is 3.42. The number of rotatable bonds is 8. The number of aromatic nitrogens is 1. The van der Waals surface area contributed by atoms with Gasteiger partial charge in [-0.2, -0.15) is 0 Å². The first-order chi connectivity index (χ1) is 16.4. The lowest BCUT2D eigenvalue weighted by atomic mass is 10.0. The molecule has 0 radical (unpaired) electrons. The molecule has 1 aromatic heterocycles. The molecule has 1 fully saturated rings. The number of thioether (sulfide) groups is 1. The van der Waals surface area contributed by atoms with Gasteiger partial charge < -0.3 is 14.4 Å². The van der Waals surface area contributed by atoms with Crippen LogP contribution in [0.3, 0.4) is 0 Å². The van der Waals surface area contributed by atoms with Crippen molar-refractivity contribution >= 4 is 67.8 Å². The number of halogens is 3. The predicted octanol–water partition coefficient (Wildman–Crippen LogP) is 7.50. The van der Waals surface area contributed by atoms with Crippen LogP contribution in [0.4, 0.5) is 0 Å². The van der Waals surface area contributed by atoms with Gasteiger partial charge in [-0.3, -0.25) is 4.90 Å². The smallest absolute Gasteiger partial charge is 0.340 e. The van der Waals surface area contributed by atoms with E-state index in [2.05, 4.69) is 25.4 Å². The molecule has 0 saturated carbocycles. The van der Waals surface area contributed by atoms with Gasteiger partial charge in [0.05, 0.1) is 32.2 Å². The Bertz CT molecular complexity index is 1200. The fraction of sp³-hybridized carbons (Fsp3) is 0.400. The Kier molecular flexibility index (Phi) is 8.41. The Labute approximate surface area is 222 Å². The van der Waals surface area contributed by atoms with Gasteiger partial charge in [-0.15, -0.1) is 11.8 Å². The Morgan fingerprint density at radius 2 is 1.88 bits per heavy atom. The molecule has 2 aromatic carbocycles. The third-order valence-electron chi connectivity index (χ3n) is 6.14. The van der Waals surface area contributed by atoms with E-state index >= 15 is 0 Å². The van der Waals surface area contributed by atoms with E-state index in [0.717, 1.165) is 53.0 Å². The summed E-state index contributed by atoms with van der Waals surface area (Å²) in [5, 5.41) is 13.0. The van der Waals surface area contributed by atoms with Crippen LogP contribution in [0, 0.1) is 0 Å². The van der Waals surface area contributed by atoms with Crippen molar-refractivity contribution in [3.05, 3.63) is 55.6 Å². The van der Waals surface area contributed by atoms with Crippen LogP contribution in [0.5, 0.6) is 5.75 Å². The average molecular weight is 586 g/mol. The number of ether oxygens (including phenoxy) is 1. The van der Waals surface area contributed by atoms with Crippen LogP contribution in [0.25, 0.3) is 10.9 Å². The van der Waals surface area contributed by atoms with Crippen LogP contribution in [-0.4, -0.2) is 40.2 Å². The van der Waals surface area contributed by atoms with E-state index in [1.807, 2.05) is 19.1 Å². The molecule has 0 amide bonds. The second-order valence-corrected chi connectivity index (χ2v) is 10.8. The molecule has 34 heavy (non-hydrogen) atoms. The van der Waals surface area contributed by atoms with E-state index in [-0.39, 0.29) is 18.3 Å². The summed E-state index contributed by atoms with van der Waals surface area (Å²) < 4.78 is 8.25. The van der Waals surface area contributed by atoms with E-state index in [9.17, 15) is 9.90 Å². The first-order valence-electron chi connectivity index (χ1n) is 11.4. The molecule has 0 aliphatic carbocycles. The number of hydrogen-bond donors (Lipinski definition) is 1. The minimum Gasteiger partial charge on any atom is -0.506 e. The van der Waals surface area contributed by atoms with Crippen molar-refractivity contribution in [1.82, 2.24) is 9.47 Å². The van der Waals surface area contributed by atoms with Crippen molar-refractivity contribution in [3.8, 4) is 5.75 Å². The summed E-state index contributed by atoms with van der Waals surface area (Å²) in [6, 6.07) is 7.31. The first-order valence-corrected chi connectivity index (χ1v) is 13.9. The maximum absolute atomic E-state index is 13.3. The van der Waals surface area contributed by atoms with Crippen molar-refractivity contribution in [2.24, 2.45) is 0 Å². The first kappa shape index (κ1) is 25.7. The number of hydrogen-bond acceptors (Lipinski definition) is 5. The zero-order valence-corrected chi connectivity index (χ0v) is 23.1. The topological polar surface area (TPSA) is 54.7 Å². The molecule has 1 aliphatic heterocycles. The Morgan fingerprint density at radius 3 is 2.50 bits per heavy atom. The SMILES string of the molecule is CCOC(=O)c1c(CSc2c(Cl)cccc2Cl)n(CC)c2cc(Br)c(O)c(CN3CCCC3)c12. The van der Waals surface area contributed by atoms with Crippen LogP contribution in [0.15, 0.2) is 33.6 Å². The maximum Gasteiger partial charge on any atom is 0.340 e. The number of nitrogens with zero attached hydrogens (tertiary/aromatic N) is 2. The highest BCUT2D eigenvalue weighted by molar-refractivity contribution is 9.10. The van der Waals surface area contributed by atoms with Gasteiger partial charge in [0.2, 0.25) is 0 Å². The van der Waals surface area contributed by atoms with Crippen molar-refractivity contribution < 1.29 is 14.6 Å². The van der Waals surface area contributed by atoms with Crippen LogP contribution in [-0.2, 0) is 23.6 Å². The number of carbonyl (C=O) groups excluding carboxylic acids is 1. The minimum atomic E-state index is -0.384. The van der Waals surface area contributed by atoms with Gasteiger partial charge in [0.1, 0.15) is 5.75 Å². The standard InChI is InChI=1S/C25H27BrCl2N2O3S/c1-3-30-19-12-16(26)23(31)15(13-29-10-5-6-11-29)21(19)22(25(32)33-4-2)20(30)14-34-24-17(27)8-7-9-18(24)28/h7-9,12,31H,3-6,10-11,13-14H2,1-2H3. The van der Waals surface area contributed by atoms with Gasteiger partial charge in [0.25, 0.3) is 0 Å². The molecular formula is C25H27BrCl2N2O3S.